The maximum atomic E-state index is 11.8. The maximum absolute atomic E-state index is 11.8. The van der Waals surface area contributed by atoms with Crippen molar-refractivity contribution in [2.45, 2.75) is 17.4 Å². The normalized spacial score (nSPS) is 11.7. The van der Waals surface area contributed by atoms with Gasteiger partial charge in [-0.15, -0.1) is 10.2 Å². The highest BCUT2D eigenvalue weighted by Crippen LogP contribution is 2.25. The first-order valence-electron chi connectivity index (χ1n) is 3.78. The molecule has 3 nitrogen and oxygen atoms in total. The van der Waals surface area contributed by atoms with Crippen LogP contribution in [-0.2, 0) is 0 Å². The predicted molar refractivity (Wildman–Crippen MR) is 50.9 cm³/mol. The fourth-order valence-electron chi connectivity index (χ4n) is 0.639. The van der Waals surface area contributed by atoms with Gasteiger partial charge in [0, 0.05) is 0 Å². The van der Waals surface area contributed by atoms with E-state index in [2.05, 4.69) is 15.5 Å². The monoisotopic (exact) mass is 243 g/mol. The van der Waals surface area contributed by atoms with Gasteiger partial charge in [0.25, 0.3) is 0 Å². The Hall–Kier alpha value is -0.500. The third-order valence-electron chi connectivity index (χ3n) is 1.11. The molecule has 0 fully saturated rings. The van der Waals surface area contributed by atoms with Crippen molar-refractivity contribution in [3.05, 3.63) is 0 Å². The minimum absolute atomic E-state index is 0.207. The van der Waals surface area contributed by atoms with E-state index in [4.69, 9.17) is 0 Å². The first kappa shape index (κ1) is 11.6. The van der Waals surface area contributed by atoms with Crippen LogP contribution in [0.15, 0.2) is 4.34 Å². The van der Waals surface area contributed by atoms with Gasteiger partial charge in [0.15, 0.2) is 4.34 Å². The van der Waals surface area contributed by atoms with Crippen LogP contribution in [0.5, 0.6) is 0 Å². The fourth-order valence-corrected chi connectivity index (χ4v) is 2.28. The van der Waals surface area contributed by atoms with E-state index in [1.807, 2.05) is 6.92 Å². The van der Waals surface area contributed by atoms with Crippen LogP contribution in [0.25, 0.3) is 0 Å². The molecule has 80 valence electrons. The van der Waals surface area contributed by atoms with Gasteiger partial charge >= 0.3 is 6.18 Å². The van der Waals surface area contributed by atoms with Crippen LogP contribution in [0.1, 0.15) is 6.92 Å². The minimum atomic E-state index is -4.22. The van der Waals surface area contributed by atoms with Gasteiger partial charge < -0.3 is 5.32 Å². The second-order valence-corrected chi connectivity index (χ2v) is 4.76. The molecule has 1 heterocycles. The SMILES string of the molecule is CCSc1nnc(NCC(F)(F)F)s1. The summed E-state index contributed by atoms with van der Waals surface area (Å²) in [4.78, 5) is 0. The summed E-state index contributed by atoms with van der Waals surface area (Å²) in [5.74, 6) is 0.827. The third-order valence-corrected chi connectivity index (χ3v) is 3.01. The third kappa shape index (κ3) is 4.14. The van der Waals surface area contributed by atoms with E-state index >= 15 is 0 Å². The second kappa shape index (κ2) is 4.83. The molecule has 14 heavy (non-hydrogen) atoms. The number of hydrogen-bond acceptors (Lipinski definition) is 5. The lowest BCUT2D eigenvalue weighted by Crippen LogP contribution is -2.21. The van der Waals surface area contributed by atoms with Crippen molar-refractivity contribution >= 4 is 28.2 Å². The van der Waals surface area contributed by atoms with Gasteiger partial charge in [-0.2, -0.15) is 13.2 Å². The highest BCUT2D eigenvalue weighted by Gasteiger charge is 2.27. The molecule has 1 rings (SSSR count). The van der Waals surface area contributed by atoms with Crippen molar-refractivity contribution in [2.24, 2.45) is 0 Å². The summed E-state index contributed by atoms with van der Waals surface area (Å²) in [5.41, 5.74) is 0. The molecule has 0 unspecified atom stereocenters. The number of nitrogens with zero attached hydrogens (tertiary/aromatic N) is 2. The molecule has 0 radical (unpaired) electrons. The lowest BCUT2D eigenvalue weighted by Gasteiger charge is -2.05. The van der Waals surface area contributed by atoms with Crippen molar-refractivity contribution in [2.75, 3.05) is 17.6 Å². The fraction of sp³-hybridized carbons (Fsp3) is 0.667. The Bertz CT molecular complexity index is 286. The molecule has 0 aliphatic rings. The average Bonchev–Trinajstić information content (AvgIpc) is 2.49. The van der Waals surface area contributed by atoms with Crippen LogP contribution < -0.4 is 5.32 Å². The van der Waals surface area contributed by atoms with Crippen molar-refractivity contribution in [3.8, 4) is 0 Å². The smallest absolute Gasteiger partial charge is 0.351 e. The van der Waals surface area contributed by atoms with Crippen LogP contribution in [-0.4, -0.2) is 28.7 Å². The number of hydrogen-bond donors (Lipinski definition) is 1. The Kier molecular flexibility index (Phi) is 3.99. The van der Waals surface area contributed by atoms with E-state index in [0.717, 1.165) is 17.1 Å². The highest BCUT2D eigenvalue weighted by atomic mass is 32.2. The number of aromatic nitrogens is 2. The standard InChI is InChI=1S/C6H8F3N3S2/c1-2-13-5-12-11-4(14-5)10-3-6(7,8)9/h2-3H2,1H3,(H,10,11). The first-order valence-corrected chi connectivity index (χ1v) is 5.58. The van der Waals surface area contributed by atoms with Gasteiger partial charge in [-0.3, -0.25) is 0 Å². The van der Waals surface area contributed by atoms with Gasteiger partial charge in [-0.05, 0) is 5.75 Å². The maximum Gasteiger partial charge on any atom is 0.405 e. The lowest BCUT2D eigenvalue weighted by molar-refractivity contribution is -0.115. The van der Waals surface area contributed by atoms with Crippen molar-refractivity contribution in [1.29, 1.82) is 0 Å². The molecular formula is C6H8F3N3S2. The largest absolute Gasteiger partial charge is 0.405 e. The molecule has 0 aliphatic carbocycles. The van der Waals surface area contributed by atoms with Crippen molar-refractivity contribution < 1.29 is 13.2 Å². The molecule has 0 saturated carbocycles. The summed E-state index contributed by atoms with van der Waals surface area (Å²) in [6.45, 7) is 0.868. The molecule has 0 spiro atoms. The summed E-state index contributed by atoms with van der Waals surface area (Å²) in [6.07, 6.45) is -4.22. The van der Waals surface area contributed by atoms with E-state index < -0.39 is 12.7 Å². The second-order valence-electron chi connectivity index (χ2n) is 2.27. The Balaban J connectivity index is 2.44. The number of anilines is 1. The summed E-state index contributed by atoms with van der Waals surface area (Å²) < 4.78 is 36.0. The van der Waals surface area contributed by atoms with Gasteiger partial charge in [0.2, 0.25) is 5.13 Å². The van der Waals surface area contributed by atoms with E-state index in [-0.39, 0.29) is 5.13 Å². The Labute approximate surface area is 87.1 Å². The Morgan fingerprint density at radius 2 is 2.14 bits per heavy atom. The quantitative estimate of drug-likeness (QED) is 0.825. The van der Waals surface area contributed by atoms with Crippen LogP contribution in [0.3, 0.4) is 0 Å². The van der Waals surface area contributed by atoms with E-state index in [9.17, 15) is 13.2 Å². The van der Waals surface area contributed by atoms with Crippen molar-refractivity contribution in [3.63, 3.8) is 0 Å². The first-order chi connectivity index (χ1) is 6.51. The molecule has 1 aromatic rings. The number of thioether (sulfide) groups is 1. The van der Waals surface area contributed by atoms with Crippen LogP contribution in [0.4, 0.5) is 18.3 Å². The minimum Gasteiger partial charge on any atom is -0.351 e. The number of halogens is 3. The number of alkyl halides is 3. The van der Waals surface area contributed by atoms with Crippen LogP contribution in [0.2, 0.25) is 0 Å². The molecular weight excluding hydrogens is 235 g/mol. The molecule has 0 aromatic carbocycles. The molecule has 8 heteroatoms. The topological polar surface area (TPSA) is 37.8 Å². The number of rotatable bonds is 4. The summed E-state index contributed by atoms with van der Waals surface area (Å²) in [5, 5.41) is 9.66. The summed E-state index contributed by atoms with van der Waals surface area (Å²) in [7, 11) is 0. The molecule has 1 aromatic heterocycles. The number of nitrogens with one attached hydrogen (secondary N) is 1. The van der Waals surface area contributed by atoms with Crippen LogP contribution >= 0.6 is 23.1 Å². The van der Waals surface area contributed by atoms with E-state index in [1.165, 1.54) is 11.8 Å². The Morgan fingerprint density at radius 1 is 1.43 bits per heavy atom. The highest BCUT2D eigenvalue weighted by molar-refractivity contribution is 8.01. The molecule has 0 saturated heterocycles. The van der Waals surface area contributed by atoms with Gasteiger partial charge in [0.05, 0.1) is 0 Å². The molecule has 0 amide bonds. The molecule has 0 bridgehead atoms. The van der Waals surface area contributed by atoms with E-state index in [0.29, 0.717) is 4.34 Å². The molecule has 1 N–H and O–H groups in total. The predicted octanol–water partition coefficient (Wildman–Crippen LogP) is 2.62. The molecule has 0 atom stereocenters. The zero-order valence-electron chi connectivity index (χ0n) is 7.26. The zero-order chi connectivity index (χ0) is 10.6. The molecule has 0 aliphatic heterocycles. The van der Waals surface area contributed by atoms with Gasteiger partial charge in [-0.25, -0.2) is 0 Å². The van der Waals surface area contributed by atoms with E-state index in [1.54, 1.807) is 0 Å². The van der Waals surface area contributed by atoms with Crippen LogP contribution in [0, 0.1) is 0 Å². The van der Waals surface area contributed by atoms with Crippen molar-refractivity contribution in [1.82, 2.24) is 10.2 Å². The average molecular weight is 243 g/mol. The van der Waals surface area contributed by atoms with Gasteiger partial charge in [-0.1, -0.05) is 30.0 Å². The lowest BCUT2D eigenvalue weighted by atomic mass is 10.6. The van der Waals surface area contributed by atoms with Gasteiger partial charge in [0.1, 0.15) is 6.54 Å². The zero-order valence-corrected chi connectivity index (χ0v) is 8.89. The summed E-state index contributed by atoms with van der Waals surface area (Å²) >= 11 is 2.58. The Morgan fingerprint density at radius 3 is 2.71 bits per heavy atom. The summed E-state index contributed by atoms with van der Waals surface area (Å²) in [6, 6.07) is 0.